The molecule has 17 heavy (non-hydrogen) atoms. The van der Waals surface area contributed by atoms with Gasteiger partial charge >= 0.3 is 0 Å². The highest BCUT2D eigenvalue weighted by atomic mass is 32.2. The summed E-state index contributed by atoms with van der Waals surface area (Å²) in [7, 11) is 3.24. The molecule has 1 aliphatic heterocycles. The molecule has 4 heteroatoms. The van der Waals surface area contributed by atoms with Crippen molar-refractivity contribution in [3.8, 4) is 11.5 Å². The number of thioether (sulfide) groups is 1. The Bertz CT molecular complexity index is 353. The number of aliphatic hydroxyl groups is 1. The highest BCUT2D eigenvalue weighted by Gasteiger charge is 2.29. The van der Waals surface area contributed by atoms with Crippen molar-refractivity contribution in [2.75, 3.05) is 25.7 Å². The minimum Gasteiger partial charge on any atom is -0.496 e. The fraction of sp³-hybridized carbons (Fsp3) is 0.538. The average molecular weight is 254 g/mol. The van der Waals surface area contributed by atoms with Crippen molar-refractivity contribution in [2.45, 2.75) is 12.5 Å². The maximum absolute atomic E-state index is 10.5. The number of ether oxygens (including phenoxy) is 2. The maximum Gasteiger partial charge on any atom is 0.128 e. The second-order valence-corrected chi connectivity index (χ2v) is 5.29. The summed E-state index contributed by atoms with van der Waals surface area (Å²) < 4.78 is 10.6. The van der Waals surface area contributed by atoms with Gasteiger partial charge in [-0.05, 0) is 36.0 Å². The lowest BCUT2D eigenvalue weighted by Crippen LogP contribution is -2.14. The van der Waals surface area contributed by atoms with Crippen LogP contribution in [0.4, 0.5) is 0 Å². The van der Waals surface area contributed by atoms with Crippen LogP contribution in [0.1, 0.15) is 18.1 Å². The van der Waals surface area contributed by atoms with Crippen LogP contribution in [0.15, 0.2) is 18.2 Å². The molecule has 1 N–H and O–H groups in total. The molecular formula is C13H18O3S. The molecule has 1 saturated heterocycles. The molecule has 0 saturated carbocycles. The van der Waals surface area contributed by atoms with Gasteiger partial charge in [-0.2, -0.15) is 11.8 Å². The van der Waals surface area contributed by atoms with E-state index in [1.807, 2.05) is 30.0 Å². The van der Waals surface area contributed by atoms with E-state index in [0.717, 1.165) is 23.5 Å². The van der Waals surface area contributed by atoms with Crippen molar-refractivity contribution < 1.29 is 14.6 Å². The first kappa shape index (κ1) is 12.6. The molecule has 1 aromatic carbocycles. The Morgan fingerprint density at radius 2 is 1.94 bits per heavy atom. The second kappa shape index (κ2) is 5.65. The molecule has 2 atom stereocenters. The third-order valence-corrected chi connectivity index (χ3v) is 4.36. The van der Waals surface area contributed by atoms with E-state index in [2.05, 4.69) is 0 Å². The molecule has 0 amide bonds. The molecular weight excluding hydrogens is 236 g/mol. The van der Waals surface area contributed by atoms with Crippen LogP contribution < -0.4 is 9.47 Å². The fourth-order valence-electron chi connectivity index (χ4n) is 2.21. The van der Waals surface area contributed by atoms with Crippen molar-refractivity contribution in [1.29, 1.82) is 0 Å². The summed E-state index contributed by atoms with van der Waals surface area (Å²) in [5.41, 5.74) is 0.782. The van der Waals surface area contributed by atoms with E-state index >= 15 is 0 Å². The van der Waals surface area contributed by atoms with E-state index in [4.69, 9.17) is 9.47 Å². The normalized spacial score (nSPS) is 21.2. The zero-order valence-corrected chi connectivity index (χ0v) is 11.0. The minimum atomic E-state index is -0.504. The molecule has 94 valence electrons. The first-order chi connectivity index (χ1) is 8.27. The SMILES string of the molecule is COc1cccc(OC)c1C(O)C1CCSC1. The molecule has 0 radical (unpaired) electrons. The summed E-state index contributed by atoms with van der Waals surface area (Å²) in [4.78, 5) is 0. The molecule has 1 heterocycles. The third kappa shape index (κ3) is 2.53. The van der Waals surface area contributed by atoms with Gasteiger partial charge in [0.15, 0.2) is 0 Å². The van der Waals surface area contributed by atoms with Gasteiger partial charge in [-0.1, -0.05) is 6.07 Å². The maximum atomic E-state index is 10.5. The summed E-state index contributed by atoms with van der Waals surface area (Å²) in [5.74, 6) is 3.83. The summed E-state index contributed by atoms with van der Waals surface area (Å²) >= 11 is 1.89. The number of methoxy groups -OCH3 is 2. The Morgan fingerprint density at radius 1 is 1.29 bits per heavy atom. The lowest BCUT2D eigenvalue weighted by Gasteiger charge is -2.22. The van der Waals surface area contributed by atoms with Gasteiger partial charge in [-0.15, -0.1) is 0 Å². The average Bonchev–Trinajstić information content (AvgIpc) is 2.90. The quantitative estimate of drug-likeness (QED) is 0.896. The van der Waals surface area contributed by atoms with Crippen LogP contribution in [0.3, 0.4) is 0 Å². The van der Waals surface area contributed by atoms with Crippen LogP contribution in [-0.2, 0) is 0 Å². The molecule has 0 bridgehead atoms. The Hall–Kier alpha value is -0.870. The minimum absolute atomic E-state index is 0.296. The van der Waals surface area contributed by atoms with Gasteiger partial charge in [-0.3, -0.25) is 0 Å². The molecule has 0 aliphatic carbocycles. The molecule has 3 nitrogen and oxygen atoms in total. The van der Waals surface area contributed by atoms with Crippen LogP contribution >= 0.6 is 11.8 Å². The van der Waals surface area contributed by atoms with Gasteiger partial charge in [0.25, 0.3) is 0 Å². The smallest absolute Gasteiger partial charge is 0.128 e. The predicted molar refractivity (Wildman–Crippen MR) is 69.9 cm³/mol. The van der Waals surface area contributed by atoms with Gasteiger partial charge in [0.05, 0.1) is 25.9 Å². The van der Waals surface area contributed by atoms with Gasteiger partial charge in [0.2, 0.25) is 0 Å². The standard InChI is InChI=1S/C13H18O3S/c1-15-10-4-3-5-11(16-2)12(10)13(14)9-6-7-17-8-9/h3-5,9,13-14H,6-8H2,1-2H3. The number of hydrogen-bond donors (Lipinski definition) is 1. The Balaban J connectivity index is 2.33. The van der Waals surface area contributed by atoms with Crippen LogP contribution in [0.25, 0.3) is 0 Å². The van der Waals surface area contributed by atoms with Crippen molar-refractivity contribution in [3.05, 3.63) is 23.8 Å². The summed E-state index contributed by atoms with van der Waals surface area (Å²) in [6, 6.07) is 5.60. The van der Waals surface area contributed by atoms with E-state index in [9.17, 15) is 5.11 Å². The van der Waals surface area contributed by atoms with E-state index in [1.54, 1.807) is 14.2 Å². The summed E-state index contributed by atoms with van der Waals surface area (Å²) in [6.45, 7) is 0. The van der Waals surface area contributed by atoms with Crippen molar-refractivity contribution in [1.82, 2.24) is 0 Å². The first-order valence-corrected chi connectivity index (χ1v) is 6.90. The van der Waals surface area contributed by atoms with Crippen LogP contribution in [0.5, 0.6) is 11.5 Å². The molecule has 1 aromatic rings. The largest absolute Gasteiger partial charge is 0.496 e. The van der Waals surface area contributed by atoms with Crippen molar-refractivity contribution in [2.24, 2.45) is 5.92 Å². The zero-order valence-electron chi connectivity index (χ0n) is 10.2. The first-order valence-electron chi connectivity index (χ1n) is 5.74. The second-order valence-electron chi connectivity index (χ2n) is 4.14. The Labute approximate surface area is 106 Å². The number of benzene rings is 1. The van der Waals surface area contributed by atoms with Gasteiger partial charge in [0, 0.05) is 0 Å². The van der Waals surface area contributed by atoms with Gasteiger partial charge in [-0.25, -0.2) is 0 Å². The number of hydrogen-bond acceptors (Lipinski definition) is 4. The zero-order chi connectivity index (χ0) is 12.3. The number of rotatable bonds is 4. The van der Waals surface area contributed by atoms with Gasteiger partial charge in [0.1, 0.15) is 11.5 Å². The topological polar surface area (TPSA) is 38.7 Å². The molecule has 0 aromatic heterocycles. The Kier molecular flexibility index (Phi) is 4.18. The molecule has 2 unspecified atom stereocenters. The lowest BCUT2D eigenvalue weighted by atomic mass is 9.94. The van der Waals surface area contributed by atoms with Crippen molar-refractivity contribution in [3.63, 3.8) is 0 Å². The monoisotopic (exact) mass is 254 g/mol. The van der Waals surface area contributed by atoms with Crippen LogP contribution in [0, 0.1) is 5.92 Å². The van der Waals surface area contributed by atoms with Crippen LogP contribution in [0.2, 0.25) is 0 Å². The van der Waals surface area contributed by atoms with E-state index in [-0.39, 0.29) is 0 Å². The highest BCUT2D eigenvalue weighted by molar-refractivity contribution is 7.99. The summed E-state index contributed by atoms with van der Waals surface area (Å²) in [6.07, 6.45) is 0.545. The highest BCUT2D eigenvalue weighted by Crippen LogP contribution is 2.41. The fourth-order valence-corrected chi connectivity index (χ4v) is 3.50. The van der Waals surface area contributed by atoms with Crippen LogP contribution in [-0.4, -0.2) is 30.8 Å². The van der Waals surface area contributed by atoms with E-state index < -0.39 is 6.10 Å². The predicted octanol–water partition coefficient (Wildman–Crippen LogP) is 2.49. The molecule has 0 spiro atoms. The lowest BCUT2D eigenvalue weighted by molar-refractivity contribution is 0.115. The summed E-state index contributed by atoms with van der Waals surface area (Å²) in [5, 5.41) is 10.5. The molecule has 1 fully saturated rings. The molecule has 2 rings (SSSR count). The Morgan fingerprint density at radius 3 is 2.41 bits per heavy atom. The molecule has 1 aliphatic rings. The van der Waals surface area contributed by atoms with E-state index in [0.29, 0.717) is 17.4 Å². The van der Waals surface area contributed by atoms with Crippen molar-refractivity contribution >= 4 is 11.8 Å². The van der Waals surface area contributed by atoms with Gasteiger partial charge < -0.3 is 14.6 Å². The van der Waals surface area contributed by atoms with E-state index in [1.165, 1.54) is 0 Å². The third-order valence-electron chi connectivity index (χ3n) is 3.17. The number of aliphatic hydroxyl groups excluding tert-OH is 1.